The molecule has 7 nitrogen and oxygen atoms in total. The minimum absolute atomic E-state index is 0.244. The molecule has 0 bridgehead atoms. The third kappa shape index (κ3) is 5.87. The summed E-state index contributed by atoms with van der Waals surface area (Å²) in [6, 6.07) is 29.8. The quantitative estimate of drug-likeness (QED) is 0.207. The van der Waals surface area contributed by atoms with Crippen molar-refractivity contribution < 1.29 is 14.3 Å². The first kappa shape index (κ1) is 26.7. The summed E-state index contributed by atoms with van der Waals surface area (Å²) >= 11 is 0. The van der Waals surface area contributed by atoms with Crippen molar-refractivity contribution in [3.63, 3.8) is 0 Å². The lowest BCUT2D eigenvalue weighted by atomic mass is 9.95. The van der Waals surface area contributed by atoms with E-state index in [2.05, 4.69) is 46.8 Å². The number of nitrogens with two attached hydrogens (primary N) is 1. The van der Waals surface area contributed by atoms with E-state index in [4.69, 9.17) is 15.2 Å². The van der Waals surface area contributed by atoms with Gasteiger partial charge in [-0.15, -0.1) is 0 Å². The molecule has 3 N–H and O–H groups in total. The van der Waals surface area contributed by atoms with Crippen LogP contribution in [-0.2, 0) is 11.3 Å². The van der Waals surface area contributed by atoms with Gasteiger partial charge < -0.3 is 20.5 Å². The standard InChI is InChI=1S/C34H34N4O3/c1-22-16-32(38(37-22)28-10-3-6-24(17-28)20-35)34(39)36-27-9-4-8-26(18-27)33(41-21-23-12-13-23)30-11-5-7-25-14-15-29(40-2)19-31(25)30/h3-11,14-19,23,33H,12-13,20-21,35H2,1-2H3,(H,36,39). The number of aryl methyl sites for hydroxylation is 1. The van der Waals surface area contributed by atoms with Crippen molar-refractivity contribution in [2.75, 3.05) is 19.0 Å². The molecule has 1 heterocycles. The second kappa shape index (κ2) is 11.6. The Morgan fingerprint density at radius 3 is 2.66 bits per heavy atom. The van der Waals surface area contributed by atoms with Crippen LogP contribution >= 0.6 is 0 Å². The minimum atomic E-state index is -0.296. The van der Waals surface area contributed by atoms with Crippen molar-refractivity contribution in [2.45, 2.75) is 32.4 Å². The predicted octanol–water partition coefficient (Wildman–Crippen LogP) is 6.57. The molecule has 0 spiro atoms. The van der Waals surface area contributed by atoms with E-state index < -0.39 is 0 Å². The number of fused-ring (bicyclic) bond motifs is 1. The number of nitrogens with one attached hydrogen (secondary N) is 1. The van der Waals surface area contributed by atoms with Crippen LogP contribution in [0.3, 0.4) is 0 Å². The zero-order valence-corrected chi connectivity index (χ0v) is 23.3. The first-order valence-electron chi connectivity index (χ1n) is 14.0. The summed E-state index contributed by atoms with van der Waals surface area (Å²) in [7, 11) is 1.68. The highest BCUT2D eigenvalue weighted by atomic mass is 16.5. The van der Waals surface area contributed by atoms with Crippen LogP contribution < -0.4 is 15.8 Å². The third-order valence-corrected chi connectivity index (χ3v) is 7.50. The van der Waals surface area contributed by atoms with Crippen molar-refractivity contribution in [1.29, 1.82) is 0 Å². The summed E-state index contributed by atoms with van der Waals surface area (Å²) in [4.78, 5) is 13.6. The van der Waals surface area contributed by atoms with Crippen molar-refractivity contribution in [1.82, 2.24) is 9.78 Å². The molecule has 6 rings (SSSR count). The predicted molar refractivity (Wildman–Crippen MR) is 162 cm³/mol. The maximum Gasteiger partial charge on any atom is 0.274 e. The number of methoxy groups -OCH3 is 1. The fraction of sp³-hybridized carbons (Fsp3) is 0.235. The number of benzene rings is 4. The Labute approximate surface area is 239 Å². The lowest BCUT2D eigenvalue weighted by Gasteiger charge is -2.22. The molecule has 1 aromatic heterocycles. The fourth-order valence-electron chi connectivity index (χ4n) is 5.16. The van der Waals surface area contributed by atoms with E-state index in [1.807, 2.05) is 55.5 Å². The Hall–Kier alpha value is -4.46. The number of carbonyl (C=O) groups is 1. The summed E-state index contributed by atoms with van der Waals surface area (Å²) in [5.41, 5.74) is 11.5. The highest BCUT2D eigenvalue weighted by Crippen LogP contribution is 2.37. The number of nitrogens with zero attached hydrogens (tertiary/aromatic N) is 2. The molecule has 1 atom stereocenters. The van der Waals surface area contributed by atoms with E-state index in [-0.39, 0.29) is 12.0 Å². The van der Waals surface area contributed by atoms with Gasteiger partial charge in [-0.2, -0.15) is 5.10 Å². The molecular formula is C34H34N4O3. The Kier molecular flexibility index (Phi) is 7.55. The number of carbonyl (C=O) groups excluding carboxylic acids is 1. The van der Waals surface area contributed by atoms with Crippen LogP contribution in [0.2, 0.25) is 0 Å². The van der Waals surface area contributed by atoms with Gasteiger partial charge in [-0.25, -0.2) is 4.68 Å². The monoisotopic (exact) mass is 546 g/mol. The van der Waals surface area contributed by atoms with Crippen LogP contribution in [0.25, 0.3) is 16.5 Å². The van der Waals surface area contributed by atoms with Crippen LogP contribution in [0.5, 0.6) is 5.75 Å². The first-order chi connectivity index (χ1) is 20.0. The summed E-state index contributed by atoms with van der Waals surface area (Å²) in [5.74, 6) is 1.16. The molecule has 5 aromatic rings. The SMILES string of the molecule is COc1ccc2cccc(C(OCC3CC3)c3cccc(NC(=O)c4cc(C)nn4-c4cccc(CN)c4)c3)c2c1. The second-order valence-electron chi connectivity index (χ2n) is 10.6. The van der Waals surface area contributed by atoms with E-state index in [9.17, 15) is 4.79 Å². The molecule has 1 saturated carbocycles. The van der Waals surface area contributed by atoms with E-state index in [0.29, 0.717) is 30.5 Å². The molecule has 1 amide bonds. The van der Waals surface area contributed by atoms with Gasteiger partial charge >= 0.3 is 0 Å². The molecule has 41 heavy (non-hydrogen) atoms. The summed E-state index contributed by atoms with van der Waals surface area (Å²) in [6.45, 7) is 2.99. The Bertz CT molecular complexity index is 1710. The Morgan fingerprint density at radius 1 is 1.02 bits per heavy atom. The van der Waals surface area contributed by atoms with Gasteiger partial charge in [-0.05, 0) is 95.6 Å². The highest BCUT2D eigenvalue weighted by Gasteiger charge is 2.26. The van der Waals surface area contributed by atoms with Crippen LogP contribution in [0.4, 0.5) is 5.69 Å². The number of hydrogen-bond donors (Lipinski definition) is 2. The van der Waals surface area contributed by atoms with E-state index >= 15 is 0 Å². The van der Waals surface area contributed by atoms with Crippen molar-refractivity contribution in [3.05, 3.63) is 119 Å². The minimum Gasteiger partial charge on any atom is -0.497 e. The smallest absolute Gasteiger partial charge is 0.274 e. The van der Waals surface area contributed by atoms with Crippen molar-refractivity contribution >= 4 is 22.4 Å². The van der Waals surface area contributed by atoms with Crippen LogP contribution in [0.1, 0.15) is 51.8 Å². The molecule has 1 unspecified atom stereocenters. The number of aromatic nitrogens is 2. The van der Waals surface area contributed by atoms with Gasteiger partial charge in [0.1, 0.15) is 17.5 Å². The van der Waals surface area contributed by atoms with Gasteiger partial charge in [0, 0.05) is 12.2 Å². The molecule has 0 saturated heterocycles. The van der Waals surface area contributed by atoms with E-state index in [1.165, 1.54) is 12.8 Å². The normalized spacial score (nSPS) is 13.7. The molecular weight excluding hydrogens is 512 g/mol. The average Bonchev–Trinajstić information content (AvgIpc) is 3.75. The lowest BCUT2D eigenvalue weighted by Crippen LogP contribution is -2.17. The molecule has 1 aliphatic carbocycles. The average molecular weight is 547 g/mol. The van der Waals surface area contributed by atoms with Crippen LogP contribution in [0, 0.1) is 12.8 Å². The summed E-state index contributed by atoms with van der Waals surface area (Å²) in [5, 5.41) is 9.87. The van der Waals surface area contributed by atoms with Gasteiger partial charge in [0.2, 0.25) is 0 Å². The van der Waals surface area contributed by atoms with Gasteiger partial charge in [0.25, 0.3) is 5.91 Å². The Balaban J connectivity index is 1.33. The molecule has 4 aromatic carbocycles. The van der Waals surface area contributed by atoms with Crippen molar-refractivity contribution in [3.8, 4) is 11.4 Å². The third-order valence-electron chi connectivity index (χ3n) is 7.50. The molecule has 0 aliphatic heterocycles. The number of anilines is 1. The number of amides is 1. The van der Waals surface area contributed by atoms with Crippen molar-refractivity contribution in [2.24, 2.45) is 11.7 Å². The summed E-state index contributed by atoms with van der Waals surface area (Å²) < 4.78 is 13.8. The largest absolute Gasteiger partial charge is 0.497 e. The topological polar surface area (TPSA) is 91.4 Å². The summed E-state index contributed by atoms with van der Waals surface area (Å²) in [6.07, 6.45) is 2.11. The van der Waals surface area contributed by atoms with Gasteiger partial charge in [0.15, 0.2) is 0 Å². The zero-order valence-electron chi connectivity index (χ0n) is 23.3. The maximum atomic E-state index is 13.6. The molecule has 208 valence electrons. The second-order valence-corrected chi connectivity index (χ2v) is 10.6. The molecule has 7 heteroatoms. The van der Waals surface area contributed by atoms with E-state index in [0.717, 1.165) is 44.6 Å². The van der Waals surface area contributed by atoms with E-state index in [1.54, 1.807) is 17.9 Å². The number of rotatable bonds is 10. The van der Waals surface area contributed by atoms with Gasteiger partial charge in [-0.3, -0.25) is 4.79 Å². The maximum absolute atomic E-state index is 13.6. The fourth-order valence-corrected chi connectivity index (χ4v) is 5.16. The zero-order chi connectivity index (χ0) is 28.3. The van der Waals surface area contributed by atoms with Crippen LogP contribution in [0.15, 0.2) is 91.0 Å². The van der Waals surface area contributed by atoms with Gasteiger partial charge in [0.05, 0.1) is 25.1 Å². The van der Waals surface area contributed by atoms with Crippen LogP contribution in [-0.4, -0.2) is 29.4 Å². The highest BCUT2D eigenvalue weighted by molar-refractivity contribution is 6.03. The lowest BCUT2D eigenvalue weighted by molar-refractivity contribution is 0.0727. The number of hydrogen-bond acceptors (Lipinski definition) is 5. The molecule has 0 radical (unpaired) electrons. The first-order valence-corrected chi connectivity index (χ1v) is 14.0. The van der Waals surface area contributed by atoms with Gasteiger partial charge in [-0.1, -0.05) is 48.5 Å². The molecule has 1 aliphatic rings. The molecule has 1 fully saturated rings. The Morgan fingerprint density at radius 2 is 1.85 bits per heavy atom. The number of ether oxygens (including phenoxy) is 2.